The van der Waals surface area contributed by atoms with Gasteiger partial charge in [-0.1, -0.05) is 0 Å². The average molecular weight is 304 g/mol. The van der Waals surface area contributed by atoms with Crippen LogP contribution in [0.4, 0.5) is 10.6 Å². The fourth-order valence-electron chi connectivity index (χ4n) is 2.41. The van der Waals surface area contributed by atoms with E-state index >= 15 is 0 Å². The number of nitrogens with one attached hydrogen (secondary N) is 2. The Hall–Kier alpha value is -2.22. The molecule has 1 saturated heterocycles. The van der Waals surface area contributed by atoms with Crippen molar-refractivity contribution < 1.29 is 9.59 Å². The molecule has 3 rings (SSSR count). The third kappa shape index (κ3) is 4.14. The van der Waals surface area contributed by atoms with Gasteiger partial charge in [-0.15, -0.1) is 0 Å². The van der Waals surface area contributed by atoms with Crippen LogP contribution in [0.3, 0.4) is 0 Å². The lowest BCUT2D eigenvalue weighted by Gasteiger charge is -2.34. The smallest absolute Gasteiger partial charge is 0.321 e. The van der Waals surface area contributed by atoms with E-state index < -0.39 is 0 Å². The van der Waals surface area contributed by atoms with Crippen LogP contribution < -0.4 is 15.5 Å². The number of anilines is 1. The second kappa shape index (κ2) is 6.69. The molecule has 2 N–H and O–H groups in total. The topological polar surface area (TPSA) is 90.5 Å². The van der Waals surface area contributed by atoms with E-state index in [9.17, 15) is 9.59 Å². The largest absolute Gasteiger partial charge is 0.353 e. The van der Waals surface area contributed by atoms with Crippen LogP contribution in [0.5, 0.6) is 0 Å². The van der Waals surface area contributed by atoms with Crippen molar-refractivity contribution in [3.05, 3.63) is 18.6 Å². The van der Waals surface area contributed by atoms with Gasteiger partial charge in [0, 0.05) is 44.6 Å². The molecular weight excluding hydrogens is 284 g/mol. The standard InChI is InChI=1S/C14H20N6O2/c21-13(18-14(22)17-11-1-2-11)10-19-5-7-20(8-6-19)12-9-15-3-4-16-12/h3-4,9,11H,1-2,5-8,10H2,(H2,17,18,21,22). The summed E-state index contributed by atoms with van der Waals surface area (Å²) in [7, 11) is 0. The zero-order valence-electron chi connectivity index (χ0n) is 12.4. The molecule has 2 aliphatic rings. The minimum absolute atomic E-state index is 0.242. The van der Waals surface area contributed by atoms with E-state index in [2.05, 4.69) is 25.5 Å². The van der Waals surface area contributed by atoms with Gasteiger partial charge in [-0.05, 0) is 12.8 Å². The lowest BCUT2D eigenvalue weighted by atomic mass is 10.3. The third-order valence-electron chi connectivity index (χ3n) is 3.78. The number of urea groups is 1. The van der Waals surface area contributed by atoms with Crippen molar-refractivity contribution in [2.45, 2.75) is 18.9 Å². The Labute approximate surface area is 128 Å². The van der Waals surface area contributed by atoms with Crippen molar-refractivity contribution in [3.8, 4) is 0 Å². The first-order valence-electron chi connectivity index (χ1n) is 7.54. The van der Waals surface area contributed by atoms with Gasteiger partial charge in [-0.25, -0.2) is 9.78 Å². The molecule has 2 fully saturated rings. The van der Waals surface area contributed by atoms with E-state index in [1.165, 1.54) is 0 Å². The molecule has 1 aromatic rings. The minimum atomic E-state index is -0.384. The highest BCUT2D eigenvalue weighted by atomic mass is 16.2. The summed E-state index contributed by atoms with van der Waals surface area (Å²) < 4.78 is 0. The fourth-order valence-corrected chi connectivity index (χ4v) is 2.41. The number of carbonyl (C=O) groups excluding carboxylic acids is 2. The summed E-state index contributed by atoms with van der Waals surface area (Å²) in [5, 5.41) is 5.11. The molecule has 2 heterocycles. The van der Waals surface area contributed by atoms with E-state index in [1.54, 1.807) is 18.6 Å². The van der Waals surface area contributed by atoms with Crippen LogP contribution in [-0.2, 0) is 4.79 Å². The molecule has 8 heteroatoms. The van der Waals surface area contributed by atoms with E-state index in [1.807, 2.05) is 4.90 Å². The van der Waals surface area contributed by atoms with E-state index in [-0.39, 0.29) is 24.5 Å². The molecule has 0 aromatic carbocycles. The normalized spacial score (nSPS) is 18.8. The van der Waals surface area contributed by atoms with Gasteiger partial charge in [-0.2, -0.15) is 0 Å². The Balaban J connectivity index is 1.39. The second-order valence-corrected chi connectivity index (χ2v) is 5.62. The van der Waals surface area contributed by atoms with Crippen molar-refractivity contribution in [1.29, 1.82) is 0 Å². The quantitative estimate of drug-likeness (QED) is 0.786. The number of hydrogen-bond donors (Lipinski definition) is 2. The number of carbonyl (C=O) groups is 2. The van der Waals surface area contributed by atoms with Gasteiger partial charge in [0.2, 0.25) is 5.91 Å². The first kappa shape index (κ1) is 14.7. The molecule has 0 radical (unpaired) electrons. The first-order valence-corrected chi connectivity index (χ1v) is 7.54. The second-order valence-electron chi connectivity index (χ2n) is 5.62. The van der Waals surface area contributed by atoms with Crippen molar-refractivity contribution >= 4 is 17.8 Å². The van der Waals surface area contributed by atoms with Gasteiger partial charge in [0.25, 0.3) is 0 Å². The monoisotopic (exact) mass is 304 g/mol. The molecule has 3 amide bonds. The van der Waals surface area contributed by atoms with Crippen molar-refractivity contribution in [1.82, 2.24) is 25.5 Å². The Morgan fingerprint density at radius 1 is 1.18 bits per heavy atom. The van der Waals surface area contributed by atoms with Crippen molar-refractivity contribution in [2.24, 2.45) is 0 Å². The highest BCUT2D eigenvalue weighted by molar-refractivity contribution is 5.95. The predicted molar refractivity (Wildman–Crippen MR) is 80.4 cm³/mol. The van der Waals surface area contributed by atoms with E-state index in [0.29, 0.717) is 0 Å². The van der Waals surface area contributed by atoms with Crippen LogP contribution in [0, 0.1) is 0 Å². The van der Waals surface area contributed by atoms with Crippen LogP contribution in [0.15, 0.2) is 18.6 Å². The number of nitrogens with zero attached hydrogens (tertiary/aromatic N) is 4. The maximum absolute atomic E-state index is 11.8. The summed E-state index contributed by atoms with van der Waals surface area (Å²) in [5.41, 5.74) is 0. The van der Waals surface area contributed by atoms with Crippen LogP contribution >= 0.6 is 0 Å². The maximum atomic E-state index is 11.8. The highest BCUT2D eigenvalue weighted by Gasteiger charge is 2.25. The fraction of sp³-hybridized carbons (Fsp3) is 0.571. The molecule has 8 nitrogen and oxygen atoms in total. The molecule has 1 saturated carbocycles. The summed E-state index contributed by atoms with van der Waals surface area (Å²) in [4.78, 5) is 35.8. The van der Waals surface area contributed by atoms with Crippen LogP contribution in [0.2, 0.25) is 0 Å². The number of aromatic nitrogens is 2. The minimum Gasteiger partial charge on any atom is -0.353 e. The SMILES string of the molecule is O=C(CN1CCN(c2cnccn2)CC1)NC(=O)NC1CC1. The third-order valence-corrected chi connectivity index (χ3v) is 3.78. The van der Waals surface area contributed by atoms with E-state index in [0.717, 1.165) is 44.8 Å². The summed E-state index contributed by atoms with van der Waals surface area (Å²) in [6, 6.07) is -0.131. The lowest BCUT2D eigenvalue weighted by molar-refractivity contribution is -0.121. The van der Waals surface area contributed by atoms with Crippen LogP contribution in [0.1, 0.15) is 12.8 Å². The molecule has 1 aromatic heterocycles. The summed E-state index contributed by atoms with van der Waals surface area (Å²) in [6.07, 6.45) is 7.08. The number of amides is 3. The summed E-state index contributed by atoms with van der Waals surface area (Å²) in [6.45, 7) is 3.34. The Morgan fingerprint density at radius 3 is 2.59 bits per heavy atom. The van der Waals surface area contributed by atoms with Gasteiger partial charge in [0.05, 0.1) is 12.7 Å². The molecule has 118 valence electrons. The summed E-state index contributed by atoms with van der Waals surface area (Å²) >= 11 is 0. The molecule has 1 aliphatic heterocycles. The molecular formula is C14H20N6O2. The number of rotatable bonds is 4. The molecule has 0 unspecified atom stereocenters. The van der Waals surface area contributed by atoms with Crippen molar-refractivity contribution in [2.75, 3.05) is 37.6 Å². The molecule has 0 atom stereocenters. The molecule has 0 spiro atoms. The summed E-state index contributed by atoms with van der Waals surface area (Å²) in [5.74, 6) is 0.599. The zero-order valence-corrected chi connectivity index (χ0v) is 12.4. The lowest BCUT2D eigenvalue weighted by Crippen LogP contribution is -2.51. The van der Waals surface area contributed by atoms with Gasteiger partial charge in [-0.3, -0.25) is 20.0 Å². The van der Waals surface area contributed by atoms with E-state index in [4.69, 9.17) is 0 Å². The zero-order chi connectivity index (χ0) is 15.4. The predicted octanol–water partition coefficient (Wildman–Crippen LogP) is -0.413. The van der Waals surface area contributed by atoms with Gasteiger partial charge in [0.15, 0.2) is 0 Å². The van der Waals surface area contributed by atoms with Crippen LogP contribution in [-0.4, -0.2) is 65.6 Å². The first-order chi connectivity index (χ1) is 10.7. The average Bonchev–Trinajstić information content (AvgIpc) is 3.32. The number of piperazine rings is 1. The molecule has 0 bridgehead atoms. The Kier molecular flexibility index (Phi) is 4.47. The molecule has 1 aliphatic carbocycles. The van der Waals surface area contributed by atoms with Gasteiger partial charge < -0.3 is 10.2 Å². The van der Waals surface area contributed by atoms with Crippen LogP contribution in [0.25, 0.3) is 0 Å². The van der Waals surface area contributed by atoms with Gasteiger partial charge in [0.1, 0.15) is 5.82 Å². The Morgan fingerprint density at radius 2 is 1.95 bits per heavy atom. The highest BCUT2D eigenvalue weighted by Crippen LogP contribution is 2.18. The molecule has 22 heavy (non-hydrogen) atoms. The number of hydrogen-bond acceptors (Lipinski definition) is 6. The number of imide groups is 1. The van der Waals surface area contributed by atoms with Gasteiger partial charge >= 0.3 is 6.03 Å². The maximum Gasteiger partial charge on any atom is 0.321 e. The van der Waals surface area contributed by atoms with Crippen molar-refractivity contribution in [3.63, 3.8) is 0 Å². The Bertz CT molecular complexity index is 525.